The van der Waals surface area contributed by atoms with Crippen molar-refractivity contribution in [1.82, 2.24) is 15.1 Å². The van der Waals surface area contributed by atoms with Crippen LogP contribution < -0.4 is 5.32 Å². The molecule has 1 aliphatic heterocycles. The van der Waals surface area contributed by atoms with E-state index < -0.39 is 0 Å². The van der Waals surface area contributed by atoms with E-state index in [2.05, 4.69) is 16.5 Å². The lowest BCUT2D eigenvalue weighted by molar-refractivity contribution is 0.0949. The maximum absolute atomic E-state index is 12.5. The average Bonchev–Trinajstić information content (AvgIpc) is 3.22. The normalized spacial score (nSPS) is 17.0. The van der Waals surface area contributed by atoms with E-state index in [4.69, 9.17) is 10.00 Å². The second-order valence-electron chi connectivity index (χ2n) is 5.66. The third-order valence-electron chi connectivity index (χ3n) is 3.93. The average molecular weight is 310 g/mol. The van der Waals surface area contributed by atoms with Crippen molar-refractivity contribution >= 4 is 5.91 Å². The first-order valence-corrected chi connectivity index (χ1v) is 7.56. The summed E-state index contributed by atoms with van der Waals surface area (Å²) in [5, 5.41) is 16.2. The molecule has 0 bridgehead atoms. The molecule has 0 radical (unpaired) electrons. The first kappa shape index (κ1) is 15.3. The summed E-state index contributed by atoms with van der Waals surface area (Å²) in [6.07, 6.45) is 2.64. The van der Waals surface area contributed by atoms with E-state index in [1.54, 1.807) is 23.0 Å². The minimum atomic E-state index is -0.151. The topological polar surface area (TPSA) is 79.9 Å². The van der Waals surface area contributed by atoms with Crippen LogP contribution in [-0.4, -0.2) is 28.9 Å². The molecule has 1 aromatic carbocycles. The van der Waals surface area contributed by atoms with Crippen LogP contribution >= 0.6 is 0 Å². The molecule has 23 heavy (non-hydrogen) atoms. The van der Waals surface area contributed by atoms with Crippen LogP contribution in [0.15, 0.2) is 30.5 Å². The Balaban J connectivity index is 1.72. The molecule has 1 fully saturated rings. The first-order chi connectivity index (χ1) is 11.2. The molecule has 1 N–H and O–H groups in total. The predicted octanol–water partition coefficient (Wildman–Crippen LogP) is 1.73. The summed E-state index contributed by atoms with van der Waals surface area (Å²) in [6, 6.07) is 9.31. The Morgan fingerprint density at radius 3 is 3.17 bits per heavy atom. The van der Waals surface area contributed by atoms with Crippen molar-refractivity contribution in [2.45, 2.75) is 18.9 Å². The first-order valence-electron chi connectivity index (χ1n) is 7.56. The number of nitrogens with one attached hydrogen (secondary N) is 1. The van der Waals surface area contributed by atoms with Crippen molar-refractivity contribution in [3.63, 3.8) is 0 Å². The lowest BCUT2D eigenvalue weighted by Crippen LogP contribution is -2.24. The van der Waals surface area contributed by atoms with Gasteiger partial charge in [-0.25, -0.2) is 0 Å². The van der Waals surface area contributed by atoms with Gasteiger partial charge in [0.25, 0.3) is 5.91 Å². The van der Waals surface area contributed by atoms with Gasteiger partial charge in [-0.05, 0) is 24.1 Å². The van der Waals surface area contributed by atoms with E-state index in [1.165, 1.54) is 0 Å². The number of nitriles is 1. The highest BCUT2D eigenvalue weighted by molar-refractivity contribution is 5.95. The standard InChI is InChI=1S/C17H18N4O2/c1-21-10-15(16(20-21)14-5-6-23-11-14)17(22)19-9-13-4-2-3-12(7-13)8-18/h2-4,7,10,14H,5-6,9,11H2,1H3,(H,19,22)/t14-/m1/s1. The molecule has 2 aromatic rings. The van der Waals surface area contributed by atoms with Crippen molar-refractivity contribution < 1.29 is 9.53 Å². The molecular weight excluding hydrogens is 292 g/mol. The lowest BCUT2D eigenvalue weighted by atomic mass is 10.0. The molecule has 0 saturated carbocycles. The van der Waals surface area contributed by atoms with Gasteiger partial charge in [-0.3, -0.25) is 9.48 Å². The Morgan fingerprint density at radius 1 is 1.57 bits per heavy atom. The van der Waals surface area contributed by atoms with Crippen molar-refractivity contribution in [2.24, 2.45) is 7.05 Å². The monoisotopic (exact) mass is 310 g/mol. The fraction of sp³-hybridized carbons (Fsp3) is 0.353. The number of amides is 1. The van der Waals surface area contributed by atoms with Gasteiger partial charge in [0, 0.05) is 32.3 Å². The molecule has 1 saturated heterocycles. The zero-order valence-electron chi connectivity index (χ0n) is 13.0. The van der Waals surface area contributed by atoms with Gasteiger partial charge in [-0.15, -0.1) is 0 Å². The van der Waals surface area contributed by atoms with Crippen molar-refractivity contribution in [3.8, 4) is 6.07 Å². The van der Waals surface area contributed by atoms with Gasteiger partial charge < -0.3 is 10.1 Å². The van der Waals surface area contributed by atoms with Crippen LogP contribution in [-0.2, 0) is 18.3 Å². The van der Waals surface area contributed by atoms with Crippen molar-refractivity contribution in [3.05, 3.63) is 52.8 Å². The number of ether oxygens (including phenoxy) is 1. The second kappa shape index (κ2) is 6.63. The summed E-state index contributed by atoms with van der Waals surface area (Å²) in [7, 11) is 1.81. The molecule has 118 valence electrons. The third kappa shape index (κ3) is 3.41. The van der Waals surface area contributed by atoms with Gasteiger partial charge in [0.15, 0.2) is 0 Å². The highest BCUT2D eigenvalue weighted by atomic mass is 16.5. The molecule has 1 amide bonds. The smallest absolute Gasteiger partial charge is 0.255 e. The van der Waals surface area contributed by atoms with Crippen molar-refractivity contribution in [2.75, 3.05) is 13.2 Å². The fourth-order valence-corrected chi connectivity index (χ4v) is 2.76. The molecule has 2 heterocycles. The minimum Gasteiger partial charge on any atom is -0.381 e. The number of carbonyl (C=O) groups excluding carboxylic acids is 1. The highest BCUT2D eigenvalue weighted by Gasteiger charge is 2.26. The summed E-state index contributed by atoms with van der Waals surface area (Å²) >= 11 is 0. The molecule has 0 aliphatic carbocycles. The van der Waals surface area contributed by atoms with Crippen LogP contribution in [0.5, 0.6) is 0 Å². The summed E-state index contributed by atoms with van der Waals surface area (Å²) in [5.74, 6) is 0.0289. The number of carbonyl (C=O) groups is 1. The van der Waals surface area contributed by atoms with Crippen LogP contribution in [0, 0.1) is 11.3 Å². The van der Waals surface area contributed by atoms with Crippen molar-refractivity contribution in [1.29, 1.82) is 5.26 Å². The minimum absolute atomic E-state index is 0.151. The third-order valence-corrected chi connectivity index (χ3v) is 3.93. The lowest BCUT2D eigenvalue weighted by Gasteiger charge is -2.08. The maximum Gasteiger partial charge on any atom is 0.255 e. The molecule has 1 aliphatic rings. The number of hydrogen-bond acceptors (Lipinski definition) is 4. The number of aromatic nitrogens is 2. The van der Waals surface area contributed by atoms with Gasteiger partial charge >= 0.3 is 0 Å². The van der Waals surface area contributed by atoms with E-state index in [9.17, 15) is 4.79 Å². The summed E-state index contributed by atoms with van der Waals surface area (Å²) in [6.45, 7) is 1.70. The number of hydrogen-bond donors (Lipinski definition) is 1. The zero-order chi connectivity index (χ0) is 16.2. The van der Waals surface area contributed by atoms with E-state index in [-0.39, 0.29) is 11.8 Å². The van der Waals surface area contributed by atoms with Gasteiger partial charge in [0.2, 0.25) is 0 Å². The van der Waals surface area contributed by atoms with Gasteiger partial charge in [0.1, 0.15) is 0 Å². The Kier molecular flexibility index (Phi) is 4.40. The molecule has 1 atom stereocenters. The van der Waals surface area contributed by atoms with Crippen LogP contribution in [0.3, 0.4) is 0 Å². The molecule has 6 nitrogen and oxygen atoms in total. The van der Waals surface area contributed by atoms with Gasteiger partial charge in [0.05, 0.1) is 29.5 Å². The summed E-state index contributed by atoms with van der Waals surface area (Å²) in [5.41, 5.74) is 2.88. The fourth-order valence-electron chi connectivity index (χ4n) is 2.76. The summed E-state index contributed by atoms with van der Waals surface area (Å²) < 4.78 is 7.06. The highest BCUT2D eigenvalue weighted by Crippen LogP contribution is 2.26. The molecular formula is C17H18N4O2. The largest absolute Gasteiger partial charge is 0.381 e. The second-order valence-corrected chi connectivity index (χ2v) is 5.66. The number of benzene rings is 1. The van der Waals surface area contributed by atoms with E-state index >= 15 is 0 Å². The quantitative estimate of drug-likeness (QED) is 0.932. The van der Waals surface area contributed by atoms with E-state index in [1.807, 2.05) is 19.2 Å². The number of nitrogens with zero attached hydrogens (tertiary/aromatic N) is 3. The zero-order valence-corrected chi connectivity index (χ0v) is 13.0. The Hall–Kier alpha value is -2.65. The van der Waals surface area contributed by atoms with Crippen LogP contribution in [0.1, 0.15) is 39.5 Å². The molecule has 6 heteroatoms. The maximum atomic E-state index is 12.5. The Bertz CT molecular complexity index is 754. The summed E-state index contributed by atoms with van der Waals surface area (Å²) in [4.78, 5) is 12.5. The number of rotatable bonds is 4. The molecule has 0 spiro atoms. The molecule has 0 unspecified atom stereocenters. The van der Waals surface area contributed by atoms with E-state index in [0.717, 1.165) is 17.7 Å². The van der Waals surface area contributed by atoms with Crippen LogP contribution in [0.4, 0.5) is 0 Å². The van der Waals surface area contributed by atoms with Gasteiger partial charge in [-0.1, -0.05) is 12.1 Å². The Labute approximate surface area is 134 Å². The SMILES string of the molecule is Cn1cc(C(=O)NCc2cccc(C#N)c2)c([C@@H]2CCOC2)n1. The van der Waals surface area contributed by atoms with E-state index in [0.29, 0.717) is 30.9 Å². The number of aryl methyl sites for hydroxylation is 1. The Morgan fingerprint density at radius 2 is 2.43 bits per heavy atom. The molecule has 3 rings (SSSR count). The van der Waals surface area contributed by atoms with Crippen LogP contribution in [0.25, 0.3) is 0 Å². The van der Waals surface area contributed by atoms with Gasteiger partial charge in [-0.2, -0.15) is 10.4 Å². The van der Waals surface area contributed by atoms with Crippen LogP contribution in [0.2, 0.25) is 0 Å². The molecule has 1 aromatic heterocycles. The predicted molar refractivity (Wildman–Crippen MR) is 83.7 cm³/mol.